The van der Waals surface area contributed by atoms with Crippen LogP contribution in [0.3, 0.4) is 0 Å². The Morgan fingerprint density at radius 1 is 0.933 bits per heavy atom. The van der Waals surface area contributed by atoms with E-state index in [4.69, 9.17) is 0 Å². The molecule has 2 aromatic heterocycles. The van der Waals surface area contributed by atoms with Crippen molar-refractivity contribution < 1.29 is 13.2 Å². The summed E-state index contributed by atoms with van der Waals surface area (Å²) in [6.07, 6.45) is 1.71. The second kappa shape index (κ2) is 9.42. The predicted molar refractivity (Wildman–Crippen MR) is 114 cm³/mol. The smallest absolute Gasteiger partial charge is 0.240 e. The van der Waals surface area contributed by atoms with E-state index in [1.54, 1.807) is 18.3 Å². The first-order valence-corrected chi connectivity index (χ1v) is 10.7. The molecule has 9 nitrogen and oxygen atoms in total. The van der Waals surface area contributed by atoms with Crippen LogP contribution in [0.15, 0.2) is 59.6 Å². The summed E-state index contributed by atoms with van der Waals surface area (Å²) in [7, 11) is -3.66. The molecule has 0 bridgehead atoms. The van der Waals surface area contributed by atoms with Crippen LogP contribution in [-0.2, 0) is 10.0 Å². The SMILES string of the molecule is CC(=O)c1ccc(S(=O)(=O)NCCNc2ccc(Nc3cc(C)ccn3)nn2)cc1. The summed E-state index contributed by atoms with van der Waals surface area (Å²) in [5.41, 5.74) is 1.54. The molecule has 0 unspecified atom stereocenters. The summed E-state index contributed by atoms with van der Waals surface area (Å²) in [5.74, 6) is 1.63. The molecule has 156 valence electrons. The fourth-order valence-corrected chi connectivity index (χ4v) is 3.59. The molecule has 3 aromatic rings. The van der Waals surface area contributed by atoms with Gasteiger partial charge in [0.15, 0.2) is 11.6 Å². The minimum Gasteiger partial charge on any atom is -0.367 e. The van der Waals surface area contributed by atoms with E-state index in [2.05, 4.69) is 30.5 Å². The zero-order valence-electron chi connectivity index (χ0n) is 16.6. The van der Waals surface area contributed by atoms with Crippen molar-refractivity contribution in [1.29, 1.82) is 0 Å². The highest BCUT2D eigenvalue weighted by atomic mass is 32.2. The Labute approximate surface area is 175 Å². The van der Waals surface area contributed by atoms with E-state index in [9.17, 15) is 13.2 Å². The maximum absolute atomic E-state index is 12.3. The monoisotopic (exact) mass is 426 g/mol. The number of benzene rings is 1. The van der Waals surface area contributed by atoms with E-state index in [0.29, 0.717) is 29.6 Å². The van der Waals surface area contributed by atoms with E-state index in [0.717, 1.165) is 5.56 Å². The lowest BCUT2D eigenvalue weighted by Gasteiger charge is -2.09. The van der Waals surface area contributed by atoms with Gasteiger partial charge in [0.05, 0.1) is 4.90 Å². The van der Waals surface area contributed by atoms with Crippen molar-refractivity contribution >= 4 is 33.3 Å². The maximum Gasteiger partial charge on any atom is 0.240 e. The van der Waals surface area contributed by atoms with Gasteiger partial charge < -0.3 is 10.6 Å². The highest BCUT2D eigenvalue weighted by molar-refractivity contribution is 7.89. The van der Waals surface area contributed by atoms with E-state index >= 15 is 0 Å². The van der Waals surface area contributed by atoms with Crippen molar-refractivity contribution in [2.75, 3.05) is 23.7 Å². The minimum absolute atomic E-state index is 0.104. The Balaban J connectivity index is 1.48. The third kappa shape index (κ3) is 5.82. The molecule has 3 N–H and O–H groups in total. The van der Waals surface area contributed by atoms with Crippen molar-refractivity contribution in [3.05, 3.63) is 65.9 Å². The molecule has 2 heterocycles. The molecule has 0 spiro atoms. The largest absolute Gasteiger partial charge is 0.367 e. The van der Waals surface area contributed by atoms with Gasteiger partial charge in [0.25, 0.3) is 0 Å². The number of ketones is 1. The first-order valence-electron chi connectivity index (χ1n) is 9.21. The average molecular weight is 427 g/mol. The molecular weight excluding hydrogens is 404 g/mol. The number of sulfonamides is 1. The highest BCUT2D eigenvalue weighted by Crippen LogP contribution is 2.14. The summed E-state index contributed by atoms with van der Waals surface area (Å²) in [5, 5.41) is 14.2. The van der Waals surface area contributed by atoms with Crippen LogP contribution in [0.2, 0.25) is 0 Å². The molecule has 0 radical (unpaired) electrons. The van der Waals surface area contributed by atoms with Gasteiger partial charge in [0.1, 0.15) is 11.6 Å². The average Bonchev–Trinajstić information content (AvgIpc) is 2.72. The minimum atomic E-state index is -3.66. The number of aryl methyl sites for hydroxylation is 1. The maximum atomic E-state index is 12.3. The summed E-state index contributed by atoms with van der Waals surface area (Å²) in [6.45, 7) is 3.89. The van der Waals surface area contributed by atoms with E-state index < -0.39 is 10.0 Å². The first-order chi connectivity index (χ1) is 14.3. The zero-order chi connectivity index (χ0) is 21.6. The van der Waals surface area contributed by atoms with Crippen LogP contribution in [0.1, 0.15) is 22.8 Å². The van der Waals surface area contributed by atoms with Crippen molar-refractivity contribution in [3.63, 3.8) is 0 Å². The number of nitrogens with zero attached hydrogens (tertiary/aromatic N) is 3. The number of rotatable bonds is 9. The van der Waals surface area contributed by atoms with Crippen LogP contribution < -0.4 is 15.4 Å². The van der Waals surface area contributed by atoms with Gasteiger partial charge in [-0.1, -0.05) is 12.1 Å². The van der Waals surface area contributed by atoms with Gasteiger partial charge in [-0.2, -0.15) is 0 Å². The highest BCUT2D eigenvalue weighted by Gasteiger charge is 2.13. The molecule has 0 saturated heterocycles. The molecule has 3 rings (SSSR count). The molecule has 0 aliphatic carbocycles. The Kier molecular flexibility index (Phi) is 6.70. The number of anilines is 3. The fourth-order valence-electron chi connectivity index (χ4n) is 2.56. The summed E-state index contributed by atoms with van der Waals surface area (Å²) in [6, 6.07) is 13.1. The number of Topliss-reactive ketones (excluding diaryl/α,β-unsaturated/α-hetero) is 1. The molecular formula is C20H22N6O3S. The van der Waals surface area contributed by atoms with Gasteiger partial charge >= 0.3 is 0 Å². The van der Waals surface area contributed by atoms with Crippen molar-refractivity contribution in [1.82, 2.24) is 19.9 Å². The third-order valence-electron chi connectivity index (χ3n) is 4.13. The van der Waals surface area contributed by atoms with Gasteiger partial charge in [-0.3, -0.25) is 4.79 Å². The fraction of sp³-hybridized carbons (Fsp3) is 0.200. The van der Waals surface area contributed by atoms with Crippen LogP contribution in [0, 0.1) is 6.92 Å². The van der Waals surface area contributed by atoms with Gasteiger partial charge in [-0.25, -0.2) is 18.1 Å². The number of hydrogen-bond donors (Lipinski definition) is 3. The topological polar surface area (TPSA) is 126 Å². The zero-order valence-corrected chi connectivity index (χ0v) is 17.4. The molecule has 0 aliphatic heterocycles. The second-order valence-corrected chi connectivity index (χ2v) is 8.32. The van der Waals surface area contributed by atoms with Gasteiger partial charge in [-0.05, 0) is 55.8 Å². The molecule has 0 amide bonds. The lowest BCUT2D eigenvalue weighted by atomic mass is 10.2. The Morgan fingerprint density at radius 3 is 2.27 bits per heavy atom. The number of carbonyl (C=O) groups is 1. The number of hydrogen-bond acceptors (Lipinski definition) is 8. The van der Waals surface area contributed by atoms with Crippen molar-refractivity contribution in [2.24, 2.45) is 0 Å². The van der Waals surface area contributed by atoms with Gasteiger partial charge in [0, 0.05) is 24.8 Å². The standard InChI is InChI=1S/C20H22N6O3S/c1-14-9-10-21-20(13-14)24-19-8-7-18(25-26-19)22-11-12-23-30(28,29)17-5-3-16(4-6-17)15(2)27/h3-10,13,23H,11-12H2,1-2H3,(H,22,25)(H,21,24,26). The van der Waals surface area contributed by atoms with Crippen LogP contribution in [0.25, 0.3) is 0 Å². The summed E-state index contributed by atoms with van der Waals surface area (Å²) in [4.78, 5) is 15.6. The van der Waals surface area contributed by atoms with Crippen molar-refractivity contribution in [2.45, 2.75) is 18.7 Å². The number of carbonyl (C=O) groups excluding carboxylic acids is 1. The third-order valence-corrected chi connectivity index (χ3v) is 5.61. The molecule has 30 heavy (non-hydrogen) atoms. The normalized spacial score (nSPS) is 11.1. The molecule has 0 aliphatic rings. The molecule has 0 fully saturated rings. The van der Waals surface area contributed by atoms with Crippen molar-refractivity contribution in [3.8, 4) is 0 Å². The summed E-state index contributed by atoms with van der Waals surface area (Å²) < 4.78 is 27.1. The van der Waals surface area contributed by atoms with Gasteiger partial charge in [-0.15, -0.1) is 10.2 Å². The number of aromatic nitrogens is 3. The lowest BCUT2D eigenvalue weighted by molar-refractivity contribution is 0.101. The number of nitrogens with one attached hydrogen (secondary N) is 3. The molecule has 10 heteroatoms. The van der Waals surface area contributed by atoms with Crippen LogP contribution in [-0.4, -0.2) is 42.5 Å². The Bertz CT molecular complexity index is 1120. The second-order valence-electron chi connectivity index (χ2n) is 6.55. The molecule has 0 atom stereocenters. The Hall–Kier alpha value is -3.37. The van der Waals surface area contributed by atoms with E-state index in [1.165, 1.54) is 31.2 Å². The quantitative estimate of drug-likeness (QED) is 0.352. The van der Waals surface area contributed by atoms with E-state index in [1.807, 2.05) is 19.1 Å². The summed E-state index contributed by atoms with van der Waals surface area (Å²) >= 11 is 0. The predicted octanol–water partition coefficient (Wildman–Crippen LogP) is 2.52. The first kappa shape index (κ1) is 21.3. The molecule has 0 saturated carbocycles. The number of pyridine rings is 1. The van der Waals surface area contributed by atoms with Crippen LogP contribution in [0.4, 0.5) is 17.5 Å². The lowest BCUT2D eigenvalue weighted by Crippen LogP contribution is -2.29. The van der Waals surface area contributed by atoms with Gasteiger partial charge in [0.2, 0.25) is 10.0 Å². The van der Waals surface area contributed by atoms with Crippen LogP contribution in [0.5, 0.6) is 0 Å². The van der Waals surface area contributed by atoms with Crippen LogP contribution >= 0.6 is 0 Å². The Morgan fingerprint density at radius 2 is 1.63 bits per heavy atom. The van der Waals surface area contributed by atoms with E-state index in [-0.39, 0.29) is 17.2 Å². The molecule has 1 aromatic carbocycles.